The maximum atomic E-state index is 11.0. The van der Waals surface area contributed by atoms with Crippen LogP contribution in [-0.4, -0.2) is 24.1 Å². The molecule has 1 saturated heterocycles. The summed E-state index contributed by atoms with van der Waals surface area (Å²) >= 11 is 1.63. The molecule has 0 unspecified atom stereocenters. The van der Waals surface area contributed by atoms with Gasteiger partial charge in [-0.3, -0.25) is 0 Å². The Bertz CT molecular complexity index is 143. The van der Waals surface area contributed by atoms with Crippen LogP contribution in [0.15, 0.2) is 0 Å². The smallest absolute Gasteiger partial charge is 0.378 e. The maximum absolute atomic E-state index is 11.0. The van der Waals surface area contributed by atoms with Gasteiger partial charge >= 0.3 is 6.09 Å². The summed E-state index contributed by atoms with van der Waals surface area (Å²) in [5, 5.41) is 0. The molecule has 0 aliphatic carbocycles. The highest BCUT2D eigenvalue weighted by molar-refractivity contribution is 14.1. The molecule has 1 aliphatic heterocycles. The van der Waals surface area contributed by atoms with Crippen LogP contribution in [0.2, 0.25) is 0 Å². The summed E-state index contributed by atoms with van der Waals surface area (Å²) in [6, 6.07) is 0. The van der Waals surface area contributed by atoms with Crippen molar-refractivity contribution in [3.05, 3.63) is 0 Å². The summed E-state index contributed by atoms with van der Waals surface area (Å²) in [4.78, 5) is 12.7. The highest BCUT2D eigenvalue weighted by Crippen LogP contribution is 2.16. The van der Waals surface area contributed by atoms with Crippen LogP contribution in [0.5, 0.6) is 0 Å². The average molecular weight is 269 g/mol. The van der Waals surface area contributed by atoms with E-state index in [0.29, 0.717) is 0 Å². The number of likely N-dealkylation sites (tertiary alicyclic amines) is 1. The Morgan fingerprint density at radius 1 is 1.55 bits per heavy atom. The Hall–Kier alpha value is 0. The molecule has 0 bridgehead atoms. The molecule has 4 heteroatoms. The highest BCUT2D eigenvalue weighted by Gasteiger charge is 2.20. The fraction of sp³-hybridized carbons (Fsp3) is 0.857. The summed E-state index contributed by atoms with van der Waals surface area (Å²) in [5.41, 5.74) is 0. The van der Waals surface area contributed by atoms with Crippen molar-refractivity contribution < 1.29 is 7.86 Å². The molecule has 1 rings (SSSR count). The van der Waals surface area contributed by atoms with Crippen molar-refractivity contribution >= 4 is 29.1 Å². The predicted octanol–water partition coefficient (Wildman–Crippen LogP) is 2.20. The van der Waals surface area contributed by atoms with Gasteiger partial charge < -0.3 is 7.97 Å². The van der Waals surface area contributed by atoms with E-state index >= 15 is 0 Å². The summed E-state index contributed by atoms with van der Waals surface area (Å²) < 4.78 is 4.58. The minimum absolute atomic E-state index is 0.197. The molecular formula is C7H12INO2. The first kappa shape index (κ1) is 9.09. The average Bonchev–Trinajstić information content (AvgIpc) is 2.05. The highest BCUT2D eigenvalue weighted by atomic mass is 127. The van der Waals surface area contributed by atoms with E-state index in [0.717, 1.165) is 31.8 Å². The number of nitrogens with zero attached hydrogens (tertiary/aromatic N) is 1. The fourth-order valence-electron chi connectivity index (χ4n) is 1.24. The van der Waals surface area contributed by atoms with Crippen molar-refractivity contribution in [2.75, 3.05) is 13.1 Å². The summed E-state index contributed by atoms with van der Waals surface area (Å²) in [5.74, 6) is 0.758. The molecule has 1 fully saturated rings. The molecule has 0 N–H and O–H groups in total. The summed E-state index contributed by atoms with van der Waals surface area (Å²) in [7, 11) is 0. The van der Waals surface area contributed by atoms with E-state index in [-0.39, 0.29) is 6.09 Å². The lowest BCUT2D eigenvalue weighted by atomic mass is 10.00. The Morgan fingerprint density at radius 3 is 2.55 bits per heavy atom. The van der Waals surface area contributed by atoms with Crippen molar-refractivity contribution in [3.63, 3.8) is 0 Å². The normalized spacial score (nSPS) is 20.0. The third kappa shape index (κ3) is 2.50. The number of rotatable bonds is 0. The molecule has 0 saturated carbocycles. The van der Waals surface area contributed by atoms with Gasteiger partial charge in [0, 0.05) is 13.1 Å². The lowest BCUT2D eigenvalue weighted by Crippen LogP contribution is -2.37. The van der Waals surface area contributed by atoms with E-state index in [4.69, 9.17) is 0 Å². The van der Waals surface area contributed by atoms with Gasteiger partial charge in [0.25, 0.3) is 0 Å². The minimum Gasteiger partial charge on any atom is -0.378 e. The van der Waals surface area contributed by atoms with Crippen molar-refractivity contribution in [2.24, 2.45) is 5.92 Å². The number of hydrogen-bond donors (Lipinski definition) is 0. The molecule has 64 valence electrons. The minimum atomic E-state index is -0.197. The number of amides is 1. The van der Waals surface area contributed by atoms with Crippen LogP contribution in [0.1, 0.15) is 19.8 Å². The number of halogens is 1. The molecule has 1 amide bonds. The molecule has 0 aromatic rings. The van der Waals surface area contributed by atoms with E-state index in [9.17, 15) is 4.79 Å². The van der Waals surface area contributed by atoms with E-state index in [1.807, 2.05) is 0 Å². The van der Waals surface area contributed by atoms with Crippen molar-refractivity contribution in [3.8, 4) is 0 Å². The van der Waals surface area contributed by atoms with Crippen LogP contribution in [0.4, 0.5) is 4.79 Å². The topological polar surface area (TPSA) is 29.5 Å². The largest absolute Gasteiger partial charge is 0.419 e. The second kappa shape index (κ2) is 4.13. The molecule has 1 heterocycles. The zero-order valence-corrected chi connectivity index (χ0v) is 8.70. The van der Waals surface area contributed by atoms with Gasteiger partial charge in [0.15, 0.2) is 23.0 Å². The number of piperidine rings is 1. The summed E-state index contributed by atoms with van der Waals surface area (Å²) in [6.07, 6.45) is 2.01. The van der Waals surface area contributed by atoms with Gasteiger partial charge in [-0.1, -0.05) is 6.92 Å². The molecule has 0 aromatic carbocycles. The van der Waals surface area contributed by atoms with E-state index in [1.54, 1.807) is 27.9 Å². The van der Waals surface area contributed by atoms with Crippen LogP contribution in [0, 0.1) is 5.92 Å². The second-order valence-corrected chi connectivity index (χ2v) is 3.45. The molecule has 1 aliphatic rings. The van der Waals surface area contributed by atoms with E-state index < -0.39 is 0 Å². The summed E-state index contributed by atoms with van der Waals surface area (Å²) in [6.45, 7) is 3.92. The molecule has 11 heavy (non-hydrogen) atoms. The van der Waals surface area contributed by atoms with Gasteiger partial charge in [0.2, 0.25) is 0 Å². The Morgan fingerprint density at radius 2 is 2.09 bits per heavy atom. The third-order valence-corrected chi connectivity index (χ3v) is 2.48. The molecular weight excluding hydrogens is 257 g/mol. The standard InChI is InChI=1S/C7H12INO2/c1-6-2-4-9(5-3-6)7(10)11-8/h6H,2-5H2,1H3. The van der Waals surface area contributed by atoms with Gasteiger partial charge in [0.1, 0.15) is 0 Å². The SMILES string of the molecule is CC1CCN(C(=O)OI)CC1. The number of carbonyl (C=O) groups is 1. The molecule has 0 atom stereocenters. The van der Waals surface area contributed by atoms with Crippen molar-refractivity contribution in [1.29, 1.82) is 0 Å². The predicted molar refractivity (Wildman–Crippen MR) is 50.5 cm³/mol. The first-order chi connectivity index (χ1) is 5.24. The number of hydrogen-bond acceptors (Lipinski definition) is 2. The Balaban J connectivity index is 2.33. The van der Waals surface area contributed by atoms with Gasteiger partial charge in [-0.05, 0) is 18.8 Å². The van der Waals surface area contributed by atoms with Crippen LogP contribution in [0.3, 0.4) is 0 Å². The lowest BCUT2D eigenvalue weighted by molar-refractivity contribution is 0.146. The van der Waals surface area contributed by atoms with Gasteiger partial charge in [-0.15, -0.1) is 0 Å². The fourth-order valence-corrected chi connectivity index (χ4v) is 1.52. The van der Waals surface area contributed by atoms with Crippen molar-refractivity contribution in [2.45, 2.75) is 19.8 Å². The number of carbonyl (C=O) groups excluding carboxylic acids is 1. The van der Waals surface area contributed by atoms with E-state index in [2.05, 4.69) is 9.99 Å². The van der Waals surface area contributed by atoms with Crippen LogP contribution >= 0.6 is 23.0 Å². The Labute approximate surface area is 80.8 Å². The zero-order chi connectivity index (χ0) is 8.27. The maximum Gasteiger partial charge on any atom is 0.419 e. The third-order valence-electron chi connectivity index (χ3n) is 2.11. The van der Waals surface area contributed by atoms with Crippen LogP contribution in [0.25, 0.3) is 0 Å². The van der Waals surface area contributed by atoms with E-state index in [1.165, 1.54) is 0 Å². The van der Waals surface area contributed by atoms with Gasteiger partial charge in [0.05, 0.1) is 0 Å². The monoisotopic (exact) mass is 269 g/mol. The van der Waals surface area contributed by atoms with Crippen molar-refractivity contribution in [1.82, 2.24) is 4.90 Å². The molecule has 0 radical (unpaired) electrons. The quantitative estimate of drug-likeness (QED) is 0.631. The molecule has 3 nitrogen and oxygen atoms in total. The zero-order valence-electron chi connectivity index (χ0n) is 6.55. The first-order valence-corrected chi connectivity index (χ1v) is 4.69. The second-order valence-electron chi connectivity index (χ2n) is 3.01. The molecule has 0 aromatic heterocycles. The first-order valence-electron chi connectivity index (χ1n) is 3.81. The van der Waals surface area contributed by atoms with Crippen LogP contribution < -0.4 is 0 Å². The van der Waals surface area contributed by atoms with Crippen LogP contribution in [-0.2, 0) is 3.07 Å². The lowest BCUT2D eigenvalue weighted by Gasteiger charge is -2.28. The molecule has 0 spiro atoms. The van der Waals surface area contributed by atoms with Gasteiger partial charge in [-0.25, -0.2) is 4.79 Å². The van der Waals surface area contributed by atoms with Gasteiger partial charge in [-0.2, -0.15) is 0 Å². The Kier molecular flexibility index (Phi) is 3.42.